The Bertz CT molecular complexity index is 489. The number of hydrazone groups is 1. The van der Waals surface area contributed by atoms with Crippen LogP contribution in [0.15, 0.2) is 29.4 Å². The summed E-state index contributed by atoms with van der Waals surface area (Å²) in [5, 5.41) is 15.3. The molecule has 2 rings (SSSR count). The molecule has 1 fully saturated rings. The van der Waals surface area contributed by atoms with Gasteiger partial charge in [0.1, 0.15) is 5.75 Å². The summed E-state index contributed by atoms with van der Waals surface area (Å²) >= 11 is 0. The second kappa shape index (κ2) is 7.11. The highest BCUT2D eigenvalue weighted by Crippen LogP contribution is 2.22. The van der Waals surface area contributed by atoms with Crippen molar-refractivity contribution in [3.05, 3.63) is 29.8 Å². The van der Waals surface area contributed by atoms with Crippen molar-refractivity contribution in [2.75, 3.05) is 6.61 Å². The van der Waals surface area contributed by atoms with Gasteiger partial charge in [-0.05, 0) is 62.9 Å². The molecule has 1 aliphatic rings. The zero-order valence-corrected chi connectivity index (χ0v) is 12.5. The van der Waals surface area contributed by atoms with Gasteiger partial charge >= 0.3 is 5.97 Å². The van der Waals surface area contributed by atoms with Crippen molar-refractivity contribution in [1.82, 2.24) is 5.01 Å². The highest BCUT2D eigenvalue weighted by Gasteiger charge is 2.22. The van der Waals surface area contributed by atoms with Crippen LogP contribution in [0.2, 0.25) is 0 Å². The molecule has 1 N–H and O–H groups in total. The van der Waals surface area contributed by atoms with Crippen molar-refractivity contribution in [2.24, 2.45) is 5.10 Å². The number of carboxylic acid groups (broad SMARTS) is 1. The number of ether oxygens (including phenoxy) is 1. The van der Waals surface area contributed by atoms with Crippen LogP contribution in [0.3, 0.4) is 0 Å². The zero-order chi connectivity index (χ0) is 15.2. The van der Waals surface area contributed by atoms with Crippen molar-refractivity contribution in [1.29, 1.82) is 0 Å². The third-order valence-corrected chi connectivity index (χ3v) is 3.73. The topological polar surface area (TPSA) is 62.1 Å². The molecule has 2 atom stereocenters. The maximum Gasteiger partial charge on any atom is 0.341 e. The molecule has 21 heavy (non-hydrogen) atoms. The summed E-state index contributed by atoms with van der Waals surface area (Å²) in [6, 6.07) is 8.21. The van der Waals surface area contributed by atoms with Crippen LogP contribution in [-0.4, -0.2) is 41.0 Å². The molecule has 0 unspecified atom stereocenters. The molecule has 1 aliphatic heterocycles. The molecule has 0 spiro atoms. The third kappa shape index (κ3) is 4.48. The van der Waals surface area contributed by atoms with Crippen molar-refractivity contribution in [3.63, 3.8) is 0 Å². The highest BCUT2D eigenvalue weighted by molar-refractivity contribution is 5.79. The van der Waals surface area contributed by atoms with Crippen LogP contribution >= 0.6 is 0 Å². The fourth-order valence-corrected chi connectivity index (χ4v) is 2.56. The van der Waals surface area contributed by atoms with Gasteiger partial charge < -0.3 is 9.84 Å². The number of nitrogens with zero attached hydrogens (tertiary/aromatic N) is 2. The number of rotatable bonds is 5. The van der Waals surface area contributed by atoms with Crippen LogP contribution in [0.4, 0.5) is 0 Å². The van der Waals surface area contributed by atoms with E-state index in [-0.39, 0.29) is 6.61 Å². The van der Waals surface area contributed by atoms with Gasteiger partial charge in [0.25, 0.3) is 0 Å². The van der Waals surface area contributed by atoms with Crippen LogP contribution in [0, 0.1) is 0 Å². The lowest BCUT2D eigenvalue weighted by Crippen LogP contribution is -2.39. The van der Waals surface area contributed by atoms with Crippen molar-refractivity contribution in [3.8, 4) is 5.75 Å². The predicted molar refractivity (Wildman–Crippen MR) is 81.8 cm³/mol. The summed E-state index contributed by atoms with van der Waals surface area (Å²) in [7, 11) is 0. The van der Waals surface area contributed by atoms with E-state index in [1.807, 2.05) is 18.3 Å². The third-order valence-electron chi connectivity index (χ3n) is 3.73. The standard InChI is InChI=1S/C16H22N2O3/c1-12-4-3-5-13(2)18(12)17-10-14-6-8-15(9-7-14)21-11-16(19)20/h6-10,12-13H,3-5,11H2,1-2H3,(H,19,20)/b17-10-/t12-,13-/m1/s1. The van der Waals surface area contributed by atoms with E-state index in [9.17, 15) is 4.79 Å². The van der Waals surface area contributed by atoms with E-state index in [2.05, 4.69) is 24.0 Å². The number of carbonyl (C=O) groups is 1. The van der Waals surface area contributed by atoms with Crippen molar-refractivity contribution in [2.45, 2.75) is 45.2 Å². The zero-order valence-electron chi connectivity index (χ0n) is 12.5. The lowest BCUT2D eigenvalue weighted by molar-refractivity contribution is -0.139. The first-order chi connectivity index (χ1) is 10.1. The lowest BCUT2D eigenvalue weighted by Gasteiger charge is -2.36. The van der Waals surface area contributed by atoms with Crippen molar-refractivity contribution >= 4 is 12.2 Å². The molecular weight excluding hydrogens is 268 g/mol. The summed E-state index contributed by atoms with van der Waals surface area (Å²) in [6.07, 6.45) is 5.48. The van der Waals surface area contributed by atoms with E-state index in [0.29, 0.717) is 17.8 Å². The summed E-state index contributed by atoms with van der Waals surface area (Å²) in [5.41, 5.74) is 0.975. The van der Waals surface area contributed by atoms with E-state index in [1.165, 1.54) is 19.3 Å². The van der Waals surface area contributed by atoms with Crippen LogP contribution in [0.1, 0.15) is 38.7 Å². The molecule has 1 aromatic rings. The van der Waals surface area contributed by atoms with E-state index in [4.69, 9.17) is 9.84 Å². The van der Waals surface area contributed by atoms with Gasteiger partial charge in [0.15, 0.2) is 6.61 Å². The maximum absolute atomic E-state index is 10.4. The Kier molecular flexibility index (Phi) is 5.20. The summed E-state index contributed by atoms with van der Waals surface area (Å²) in [5.74, 6) is -0.428. The Morgan fingerprint density at radius 1 is 1.33 bits per heavy atom. The monoisotopic (exact) mass is 290 g/mol. The Hall–Kier alpha value is -2.04. The second-order valence-corrected chi connectivity index (χ2v) is 5.50. The molecule has 114 valence electrons. The quantitative estimate of drug-likeness (QED) is 0.847. The van der Waals surface area contributed by atoms with Gasteiger partial charge in [0, 0.05) is 12.1 Å². The summed E-state index contributed by atoms with van der Waals surface area (Å²) in [4.78, 5) is 10.4. The maximum atomic E-state index is 10.4. The van der Waals surface area contributed by atoms with Crippen LogP contribution in [0.25, 0.3) is 0 Å². The number of carboxylic acids is 1. The van der Waals surface area contributed by atoms with Crippen LogP contribution < -0.4 is 4.74 Å². The van der Waals surface area contributed by atoms with Gasteiger partial charge in [-0.2, -0.15) is 5.10 Å². The average molecular weight is 290 g/mol. The van der Waals surface area contributed by atoms with Gasteiger partial charge in [0.05, 0.1) is 6.21 Å². The lowest BCUT2D eigenvalue weighted by atomic mass is 10.00. The highest BCUT2D eigenvalue weighted by atomic mass is 16.5. The molecular formula is C16H22N2O3. The molecule has 0 amide bonds. The first-order valence-corrected chi connectivity index (χ1v) is 7.33. The molecule has 1 heterocycles. The fraction of sp³-hybridized carbons (Fsp3) is 0.500. The van der Waals surface area contributed by atoms with Gasteiger partial charge in [-0.25, -0.2) is 4.79 Å². The number of aliphatic carboxylic acids is 1. The molecule has 0 saturated carbocycles. The van der Waals surface area contributed by atoms with E-state index in [0.717, 1.165) is 5.56 Å². The van der Waals surface area contributed by atoms with Gasteiger partial charge in [-0.15, -0.1) is 0 Å². The minimum atomic E-state index is -0.978. The predicted octanol–water partition coefficient (Wildman–Crippen LogP) is 2.75. The minimum Gasteiger partial charge on any atom is -0.482 e. The number of hydrogen-bond acceptors (Lipinski definition) is 4. The minimum absolute atomic E-state index is 0.323. The number of piperidine rings is 1. The molecule has 5 heteroatoms. The molecule has 0 aliphatic carbocycles. The SMILES string of the molecule is C[C@@H]1CCC[C@@H](C)N1/N=C\c1ccc(OCC(=O)O)cc1. The smallest absolute Gasteiger partial charge is 0.341 e. The fourth-order valence-electron chi connectivity index (χ4n) is 2.56. The first-order valence-electron chi connectivity index (χ1n) is 7.33. The number of benzene rings is 1. The average Bonchev–Trinajstić information content (AvgIpc) is 2.46. The first kappa shape index (κ1) is 15.4. The molecule has 0 aromatic heterocycles. The van der Waals surface area contributed by atoms with Crippen LogP contribution in [-0.2, 0) is 4.79 Å². The largest absolute Gasteiger partial charge is 0.482 e. The second-order valence-electron chi connectivity index (χ2n) is 5.50. The van der Waals surface area contributed by atoms with E-state index < -0.39 is 5.97 Å². The molecule has 5 nitrogen and oxygen atoms in total. The van der Waals surface area contributed by atoms with E-state index in [1.54, 1.807) is 12.1 Å². The normalized spacial score (nSPS) is 22.5. The number of hydrogen-bond donors (Lipinski definition) is 1. The van der Waals surface area contributed by atoms with Crippen LogP contribution in [0.5, 0.6) is 5.75 Å². The van der Waals surface area contributed by atoms with Gasteiger partial charge in [-0.3, -0.25) is 5.01 Å². The molecule has 1 saturated heterocycles. The molecule has 1 aromatic carbocycles. The summed E-state index contributed by atoms with van der Waals surface area (Å²) in [6.45, 7) is 4.09. The Morgan fingerprint density at radius 3 is 2.52 bits per heavy atom. The van der Waals surface area contributed by atoms with Crippen molar-refractivity contribution < 1.29 is 14.6 Å². The van der Waals surface area contributed by atoms with Gasteiger partial charge in [0.2, 0.25) is 0 Å². The Balaban J connectivity index is 1.95. The van der Waals surface area contributed by atoms with E-state index >= 15 is 0 Å². The molecule has 0 bridgehead atoms. The Labute approximate surface area is 125 Å². The van der Waals surface area contributed by atoms with Gasteiger partial charge in [-0.1, -0.05) is 0 Å². The molecule has 0 radical (unpaired) electrons. The Morgan fingerprint density at radius 2 is 1.95 bits per heavy atom. The summed E-state index contributed by atoms with van der Waals surface area (Å²) < 4.78 is 5.10.